The number of para-hydroxylation sites is 1. The first-order valence-electron chi connectivity index (χ1n) is 6.83. The van der Waals surface area contributed by atoms with E-state index in [1.54, 1.807) is 12.1 Å². The smallest absolute Gasteiger partial charge is 0.238 e. The van der Waals surface area contributed by atoms with E-state index in [4.69, 9.17) is 5.14 Å². The largest absolute Gasteiger partial charge is 0.326 e. The predicted octanol–water partition coefficient (Wildman–Crippen LogP) is 2.21. The van der Waals surface area contributed by atoms with Gasteiger partial charge in [-0.15, -0.1) is 0 Å². The molecule has 0 aliphatic rings. The SMILES string of the molecule is Cc1ccccc1NC(=O)CCc1ccc(S(N)(=O)=O)cc1. The summed E-state index contributed by atoms with van der Waals surface area (Å²) in [5.74, 6) is -0.0789. The summed E-state index contributed by atoms with van der Waals surface area (Å²) in [5.41, 5.74) is 2.69. The van der Waals surface area contributed by atoms with Gasteiger partial charge in [0.2, 0.25) is 15.9 Å². The second-order valence-electron chi connectivity index (χ2n) is 5.05. The Bertz CT molecular complexity index is 768. The van der Waals surface area contributed by atoms with Crippen LogP contribution in [0.15, 0.2) is 53.4 Å². The van der Waals surface area contributed by atoms with Gasteiger partial charge in [0.1, 0.15) is 0 Å². The van der Waals surface area contributed by atoms with E-state index in [0.29, 0.717) is 12.8 Å². The molecule has 0 unspecified atom stereocenters. The summed E-state index contributed by atoms with van der Waals surface area (Å²) in [7, 11) is -3.68. The van der Waals surface area contributed by atoms with E-state index in [0.717, 1.165) is 16.8 Å². The number of benzene rings is 2. The van der Waals surface area contributed by atoms with Crippen LogP contribution in [0.25, 0.3) is 0 Å². The molecule has 2 aromatic rings. The lowest BCUT2D eigenvalue weighted by Gasteiger charge is -2.08. The Hall–Kier alpha value is -2.18. The molecule has 0 saturated heterocycles. The fourth-order valence-electron chi connectivity index (χ4n) is 2.03. The quantitative estimate of drug-likeness (QED) is 0.885. The van der Waals surface area contributed by atoms with Gasteiger partial charge in [-0.2, -0.15) is 0 Å². The van der Waals surface area contributed by atoms with Crippen molar-refractivity contribution >= 4 is 21.6 Å². The molecule has 0 aliphatic carbocycles. The van der Waals surface area contributed by atoms with E-state index in [2.05, 4.69) is 5.32 Å². The summed E-state index contributed by atoms with van der Waals surface area (Å²) < 4.78 is 22.3. The molecule has 2 rings (SSSR count). The van der Waals surface area contributed by atoms with Crippen molar-refractivity contribution in [3.05, 3.63) is 59.7 Å². The Kier molecular flexibility index (Phi) is 4.95. The summed E-state index contributed by atoms with van der Waals surface area (Å²) in [6, 6.07) is 13.8. The molecule has 0 heterocycles. The van der Waals surface area contributed by atoms with E-state index >= 15 is 0 Å². The minimum Gasteiger partial charge on any atom is -0.326 e. The third-order valence-corrected chi connectivity index (χ3v) is 4.24. The lowest BCUT2D eigenvalue weighted by atomic mass is 10.1. The lowest BCUT2D eigenvalue weighted by molar-refractivity contribution is -0.116. The van der Waals surface area contributed by atoms with Gasteiger partial charge in [-0.05, 0) is 42.7 Å². The maximum Gasteiger partial charge on any atom is 0.238 e. The maximum atomic E-state index is 11.9. The number of carbonyl (C=O) groups is 1. The number of hydrogen-bond donors (Lipinski definition) is 2. The Morgan fingerprint density at radius 2 is 1.73 bits per heavy atom. The van der Waals surface area contributed by atoms with Crippen molar-refractivity contribution in [1.82, 2.24) is 0 Å². The zero-order chi connectivity index (χ0) is 16.2. The van der Waals surface area contributed by atoms with Gasteiger partial charge in [0.05, 0.1) is 4.90 Å². The fraction of sp³-hybridized carbons (Fsp3) is 0.188. The third kappa shape index (κ3) is 4.41. The van der Waals surface area contributed by atoms with Crippen LogP contribution in [0.3, 0.4) is 0 Å². The van der Waals surface area contributed by atoms with Gasteiger partial charge in [0.25, 0.3) is 0 Å². The van der Waals surface area contributed by atoms with E-state index in [1.807, 2.05) is 31.2 Å². The van der Waals surface area contributed by atoms with Gasteiger partial charge < -0.3 is 5.32 Å². The first kappa shape index (κ1) is 16.2. The molecule has 0 aromatic heterocycles. The predicted molar refractivity (Wildman–Crippen MR) is 85.9 cm³/mol. The van der Waals surface area contributed by atoms with Crippen LogP contribution >= 0.6 is 0 Å². The highest BCUT2D eigenvalue weighted by atomic mass is 32.2. The van der Waals surface area contributed by atoms with Gasteiger partial charge >= 0.3 is 0 Å². The molecule has 5 nitrogen and oxygen atoms in total. The molecule has 22 heavy (non-hydrogen) atoms. The van der Waals surface area contributed by atoms with Crippen LogP contribution < -0.4 is 10.5 Å². The number of nitrogens with two attached hydrogens (primary N) is 1. The molecule has 6 heteroatoms. The molecule has 0 bridgehead atoms. The average molecular weight is 318 g/mol. The van der Waals surface area contributed by atoms with Crippen molar-refractivity contribution in [2.75, 3.05) is 5.32 Å². The Labute approximate surface area is 130 Å². The van der Waals surface area contributed by atoms with Gasteiger partial charge in [-0.25, -0.2) is 13.6 Å². The molecule has 116 valence electrons. The van der Waals surface area contributed by atoms with E-state index < -0.39 is 10.0 Å². The highest BCUT2D eigenvalue weighted by molar-refractivity contribution is 7.89. The molecule has 0 saturated carbocycles. The van der Waals surface area contributed by atoms with Crippen molar-refractivity contribution in [1.29, 1.82) is 0 Å². The Morgan fingerprint density at radius 1 is 1.09 bits per heavy atom. The molecular formula is C16H18N2O3S. The standard InChI is InChI=1S/C16H18N2O3S/c1-12-4-2-3-5-15(12)18-16(19)11-8-13-6-9-14(10-7-13)22(17,20)21/h2-7,9-10H,8,11H2,1H3,(H,18,19)(H2,17,20,21). The molecule has 2 aromatic carbocycles. The third-order valence-electron chi connectivity index (χ3n) is 3.31. The fourth-order valence-corrected chi connectivity index (χ4v) is 2.54. The topological polar surface area (TPSA) is 89.3 Å². The van der Waals surface area contributed by atoms with Gasteiger partial charge in [-0.1, -0.05) is 30.3 Å². The van der Waals surface area contributed by atoms with E-state index in [1.165, 1.54) is 12.1 Å². The lowest BCUT2D eigenvalue weighted by Crippen LogP contribution is -2.13. The number of nitrogens with one attached hydrogen (secondary N) is 1. The summed E-state index contributed by atoms with van der Waals surface area (Å²) in [6.45, 7) is 1.93. The molecule has 0 spiro atoms. The molecule has 0 aliphatic heterocycles. The van der Waals surface area contributed by atoms with Crippen molar-refractivity contribution in [2.45, 2.75) is 24.7 Å². The number of carbonyl (C=O) groups excluding carboxylic acids is 1. The number of anilines is 1. The van der Waals surface area contributed by atoms with Crippen LogP contribution in [0.1, 0.15) is 17.5 Å². The van der Waals surface area contributed by atoms with Crippen LogP contribution in [-0.2, 0) is 21.2 Å². The zero-order valence-corrected chi connectivity index (χ0v) is 13.1. The minimum atomic E-state index is -3.68. The molecule has 3 N–H and O–H groups in total. The van der Waals surface area contributed by atoms with Gasteiger partial charge in [0, 0.05) is 12.1 Å². The Balaban J connectivity index is 1.93. The molecule has 1 amide bonds. The van der Waals surface area contributed by atoms with Gasteiger partial charge in [0.15, 0.2) is 0 Å². The highest BCUT2D eigenvalue weighted by Gasteiger charge is 2.08. The number of aryl methyl sites for hydroxylation is 2. The summed E-state index contributed by atoms with van der Waals surface area (Å²) in [4.78, 5) is 12.0. The zero-order valence-electron chi connectivity index (χ0n) is 12.2. The monoisotopic (exact) mass is 318 g/mol. The summed E-state index contributed by atoms with van der Waals surface area (Å²) >= 11 is 0. The normalized spacial score (nSPS) is 11.2. The van der Waals surface area contributed by atoms with E-state index in [9.17, 15) is 13.2 Å². The van der Waals surface area contributed by atoms with Crippen LogP contribution in [0.2, 0.25) is 0 Å². The highest BCUT2D eigenvalue weighted by Crippen LogP contribution is 2.14. The van der Waals surface area contributed by atoms with Crippen LogP contribution in [0.4, 0.5) is 5.69 Å². The maximum absolute atomic E-state index is 11.9. The van der Waals surface area contributed by atoms with Crippen molar-refractivity contribution in [3.63, 3.8) is 0 Å². The number of amides is 1. The van der Waals surface area contributed by atoms with Crippen LogP contribution in [-0.4, -0.2) is 14.3 Å². The van der Waals surface area contributed by atoms with Crippen molar-refractivity contribution in [3.8, 4) is 0 Å². The molecule has 0 radical (unpaired) electrons. The van der Waals surface area contributed by atoms with Crippen molar-refractivity contribution in [2.24, 2.45) is 5.14 Å². The van der Waals surface area contributed by atoms with Crippen LogP contribution in [0, 0.1) is 6.92 Å². The van der Waals surface area contributed by atoms with Gasteiger partial charge in [-0.3, -0.25) is 4.79 Å². The van der Waals surface area contributed by atoms with Crippen LogP contribution in [0.5, 0.6) is 0 Å². The average Bonchev–Trinajstić information content (AvgIpc) is 2.47. The molecular weight excluding hydrogens is 300 g/mol. The summed E-state index contributed by atoms with van der Waals surface area (Å²) in [5, 5.41) is 7.90. The van der Waals surface area contributed by atoms with E-state index in [-0.39, 0.29) is 10.8 Å². The Morgan fingerprint density at radius 3 is 2.32 bits per heavy atom. The second-order valence-corrected chi connectivity index (χ2v) is 6.61. The molecule has 0 fully saturated rings. The number of primary sulfonamides is 1. The number of sulfonamides is 1. The molecule has 0 atom stereocenters. The summed E-state index contributed by atoms with van der Waals surface area (Å²) in [6.07, 6.45) is 0.853. The number of rotatable bonds is 5. The first-order valence-corrected chi connectivity index (χ1v) is 8.38. The first-order chi connectivity index (χ1) is 10.4. The second kappa shape index (κ2) is 6.72. The number of hydrogen-bond acceptors (Lipinski definition) is 3. The van der Waals surface area contributed by atoms with Crippen molar-refractivity contribution < 1.29 is 13.2 Å². The minimum absolute atomic E-state index is 0.0700.